The van der Waals surface area contributed by atoms with Crippen LogP contribution >= 0.6 is 22.9 Å². The van der Waals surface area contributed by atoms with Crippen molar-refractivity contribution in [2.24, 2.45) is 5.73 Å². The van der Waals surface area contributed by atoms with Gasteiger partial charge in [-0.15, -0.1) is 11.3 Å². The number of amides is 1. The number of rotatable bonds is 4. The van der Waals surface area contributed by atoms with Crippen LogP contribution < -0.4 is 10.6 Å². The van der Waals surface area contributed by atoms with Crippen LogP contribution in [-0.2, 0) is 6.54 Å². The lowest BCUT2D eigenvalue weighted by Crippen LogP contribution is -2.18. The number of thiazole rings is 1. The molecule has 2 heterocycles. The van der Waals surface area contributed by atoms with E-state index in [1.54, 1.807) is 11.3 Å². The smallest absolute Gasteiger partial charge is 0.250 e. The van der Waals surface area contributed by atoms with Crippen LogP contribution in [0, 0.1) is 6.92 Å². The van der Waals surface area contributed by atoms with Gasteiger partial charge in [-0.05, 0) is 13.0 Å². The molecule has 0 spiro atoms. The molecule has 0 aromatic carbocycles. The number of pyridine rings is 1. The zero-order chi connectivity index (χ0) is 14.0. The van der Waals surface area contributed by atoms with Gasteiger partial charge in [0, 0.05) is 24.3 Å². The van der Waals surface area contributed by atoms with Gasteiger partial charge in [-0.2, -0.15) is 0 Å². The second-order valence-electron chi connectivity index (χ2n) is 4.10. The molecule has 0 saturated carbocycles. The minimum absolute atomic E-state index is 0.302. The standard InChI is InChI=1S/C12H13ClN4OS/c1-7-15-5-9(19-7)6-17(2)12-10(13)3-8(4-16-12)11(14)18/h3-5H,6H2,1-2H3,(H2,14,18). The normalized spacial score (nSPS) is 10.5. The summed E-state index contributed by atoms with van der Waals surface area (Å²) in [5, 5.41) is 1.42. The summed E-state index contributed by atoms with van der Waals surface area (Å²) in [6, 6.07) is 1.53. The molecule has 5 nitrogen and oxygen atoms in total. The average Bonchev–Trinajstić information content (AvgIpc) is 2.74. The minimum Gasteiger partial charge on any atom is -0.366 e. The number of nitrogens with two attached hydrogens (primary N) is 1. The highest BCUT2D eigenvalue weighted by Crippen LogP contribution is 2.25. The lowest BCUT2D eigenvalue weighted by Gasteiger charge is -2.18. The largest absolute Gasteiger partial charge is 0.366 e. The minimum atomic E-state index is -0.540. The molecule has 0 bridgehead atoms. The molecule has 0 aliphatic heterocycles. The van der Waals surface area contributed by atoms with Gasteiger partial charge in [0.2, 0.25) is 5.91 Å². The summed E-state index contributed by atoms with van der Waals surface area (Å²) in [5.41, 5.74) is 5.48. The van der Waals surface area contributed by atoms with Gasteiger partial charge in [-0.25, -0.2) is 9.97 Å². The number of primary amides is 1. The summed E-state index contributed by atoms with van der Waals surface area (Å²) in [6.45, 7) is 2.62. The van der Waals surface area contributed by atoms with Gasteiger partial charge < -0.3 is 10.6 Å². The zero-order valence-corrected chi connectivity index (χ0v) is 12.1. The quantitative estimate of drug-likeness (QED) is 0.939. The molecular weight excluding hydrogens is 284 g/mol. The Labute approximate surface area is 120 Å². The number of nitrogens with zero attached hydrogens (tertiary/aromatic N) is 3. The first-order chi connectivity index (χ1) is 8.97. The Balaban J connectivity index is 2.19. The predicted molar refractivity (Wildman–Crippen MR) is 76.7 cm³/mol. The van der Waals surface area contributed by atoms with Gasteiger partial charge in [0.15, 0.2) is 0 Å². The fourth-order valence-corrected chi connectivity index (χ4v) is 2.79. The molecule has 1 amide bonds. The summed E-state index contributed by atoms with van der Waals surface area (Å²) >= 11 is 7.74. The van der Waals surface area contributed by atoms with Crippen molar-refractivity contribution in [3.63, 3.8) is 0 Å². The van der Waals surface area contributed by atoms with E-state index < -0.39 is 5.91 Å². The first-order valence-electron chi connectivity index (χ1n) is 5.55. The Morgan fingerprint density at radius 2 is 2.21 bits per heavy atom. The SMILES string of the molecule is Cc1ncc(CN(C)c2ncc(C(N)=O)cc2Cl)s1. The lowest BCUT2D eigenvalue weighted by atomic mass is 10.2. The number of anilines is 1. The van der Waals surface area contributed by atoms with Crippen LogP contribution in [0.3, 0.4) is 0 Å². The van der Waals surface area contributed by atoms with Crippen molar-refractivity contribution in [1.82, 2.24) is 9.97 Å². The van der Waals surface area contributed by atoms with Crippen molar-refractivity contribution in [1.29, 1.82) is 0 Å². The van der Waals surface area contributed by atoms with E-state index >= 15 is 0 Å². The fourth-order valence-electron chi connectivity index (χ4n) is 1.63. The summed E-state index contributed by atoms with van der Waals surface area (Å²) in [4.78, 5) is 22.4. The van der Waals surface area contributed by atoms with Crippen LogP contribution in [0.1, 0.15) is 20.2 Å². The van der Waals surface area contributed by atoms with E-state index in [9.17, 15) is 4.79 Å². The maximum absolute atomic E-state index is 11.0. The molecule has 2 aromatic rings. The Kier molecular flexibility index (Phi) is 4.01. The third-order valence-electron chi connectivity index (χ3n) is 2.53. The summed E-state index contributed by atoms with van der Waals surface area (Å²) in [6.07, 6.45) is 3.26. The molecule has 19 heavy (non-hydrogen) atoms. The van der Waals surface area contributed by atoms with Crippen LogP contribution in [0.4, 0.5) is 5.82 Å². The van der Waals surface area contributed by atoms with Crippen molar-refractivity contribution in [2.45, 2.75) is 13.5 Å². The van der Waals surface area contributed by atoms with Crippen LogP contribution in [0.5, 0.6) is 0 Å². The van der Waals surface area contributed by atoms with Crippen LogP contribution in [-0.4, -0.2) is 22.9 Å². The highest BCUT2D eigenvalue weighted by molar-refractivity contribution is 7.11. The maximum Gasteiger partial charge on any atom is 0.250 e. The third-order valence-corrected chi connectivity index (χ3v) is 3.71. The number of aryl methyl sites for hydroxylation is 1. The Morgan fingerprint density at radius 1 is 1.47 bits per heavy atom. The Bertz CT molecular complexity index is 614. The molecule has 100 valence electrons. The lowest BCUT2D eigenvalue weighted by molar-refractivity contribution is 0.1000. The number of hydrogen-bond acceptors (Lipinski definition) is 5. The van der Waals surface area contributed by atoms with Crippen LogP contribution in [0.2, 0.25) is 5.02 Å². The summed E-state index contributed by atoms with van der Waals surface area (Å²) < 4.78 is 0. The van der Waals surface area contributed by atoms with Gasteiger partial charge in [0.25, 0.3) is 0 Å². The Morgan fingerprint density at radius 3 is 2.74 bits per heavy atom. The molecule has 2 rings (SSSR count). The summed E-state index contributed by atoms with van der Waals surface area (Å²) in [7, 11) is 1.88. The molecule has 0 unspecified atom stereocenters. The monoisotopic (exact) mass is 296 g/mol. The highest BCUT2D eigenvalue weighted by atomic mass is 35.5. The van der Waals surface area contributed by atoms with Crippen LogP contribution in [0.15, 0.2) is 18.5 Å². The third kappa shape index (κ3) is 3.21. The fraction of sp³-hybridized carbons (Fsp3) is 0.250. The molecule has 2 N–H and O–H groups in total. The molecule has 0 saturated heterocycles. The van der Waals surface area contributed by atoms with E-state index in [-0.39, 0.29) is 0 Å². The van der Waals surface area contributed by atoms with Crippen molar-refractivity contribution in [3.8, 4) is 0 Å². The van der Waals surface area contributed by atoms with E-state index in [4.69, 9.17) is 17.3 Å². The molecule has 0 fully saturated rings. The molecule has 0 radical (unpaired) electrons. The molecule has 0 aliphatic rings. The second kappa shape index (κ2) is 5.54. The number of carbonyl (C=O) groups is 1. The van der Waals surface area contributed by atoms with Crippen molar-refractivity contribution in [3.05, 3.63) is 38.9 Å². The number of aromatic nitrogens is 2. The van der Waals surface area contributed by atoms with Gasteiger partial charge in [0.1, 0.15) is 5.82 Å². The molecule has 2 aromatic heterocycles. The topological polar surface area (TPSA) is 72.1 Å². The summed E-state index contributed by atoms with van der Waals surface area (Å²) in [5.74, 6) is 0.0689. The number of hydrogen-bond donors (Lipinski definition) is 1. The first-order valence-corrected chi connectivity index (χ1v) is 6.74. The zero-order valence-electron chi connectivity index (χ0n) is 10.6. The van der Waals surface area contributed by atoms with E-state index in [1.165, 1.54) is 12.3 Å². The van der Waals surface area contributed by atoms with E-state index in [0.29, 0.717) is 22.9 Å². The number of carbonyl (C=O) groups excluding carboxylic acids is 1. The van der Waals surface area contributed by atoms with E-state index in [0.717, 1.165) is 9.88 Å². The van der Waals surface area contributed by atoms with Gasteiger partial charge in [-0.3, -0.25) is 4.79 Å². The molecule has 0 atom stereocenters. The molecule has 7 heteroatoms. The number of halogens is 1. The highest BCUT2D eigenvalue weighted by Gasteiger charge is 2.12. The van der Waals surface area contributed by atoms with Gasteiger partial charge in [-0.1, -0.05) is 11.6 Å². The predicted octanol–water partition coefficient (Wildman–Crippen LogP) is 2.24. The first kappa shape index (κ1) is 13.8. The van der Waals surface area contributed by atoms with Gasteiger partial charge >= 0.3 is 0 Å². The average molecular weight is 297 g/mol. The van der Waals surface area contributed by atoms with Crippen molar-refractivity contribution in [2.75, 3.05) is 11.9 Å². The maximum atomic E-state index is 11.0. The molecular formula is C12H13ClN4OS. The van der Waals surface area contributed by atoms with Crippen LogP contribution in [0.25, 0.3) is 0 Å². The van der Waals surface area contributed by atoms with Crippen molar-refractivity contribution >= 4 is 34.7 Å². The molecule has 0 aliphatic carbocycles. The second-order valence-corrected chi connectivity index (χ2v) is 5.82. The van der Waals surface area contributed by atoms with Crippen molar-refractivity contribution < 1.29 is 4.79 Å². The van der Waals surface area contributed by atoms with E-state index in [2.05, 4.69) is 9.97 Å². The Hall–Kier alpha value is -1.66. The van der Waals surface area contributed by atoms with Gasteiger partial charge in [0.05, 0.1) is 22.1 Å². The van der Waals surface area contributed by atoms with E-state index in [1.807, 2.05) is 25.1 Å².